The van der Waals surface area contributed by atoms with Crippen LogP contribution in [-0.2, 0) is 19.2 Å². The zero-order chi connectivity index (χ0) is 27.4. The first-order valence-electron chi connectivity index (χ1n) is 15.9. The maximum absolute atomic E-state index is 13.3. The summed E-state index contributed by atoms with van der Waals surface area (Å²) in [5.74, 6) is -1.04. The van der Waals surface area contributed by atoms with Crippen molar-refractivity contribution >= 4 is 23.8 Å². The fourth-order valence-electron chi connectivity index (χ4n) is 9.90. The third kappa shape index (κ3) is 4.48. The van der Waals surface area contributed by atoms with Crippen LogP contribution in [0.1, 0.15) is 109 Å². The van der Waals surface area contributed by atoms with Gasteiger partial charge in [-0.1, -0.05) is 64.2 Å². The first-order chi connectivity index (χ1) is 18.8. The van der Waals surface area contributed by atoms with Crippen molar-refractivity contribution in [3.8, 4) is 0 Å². The molecule has 2 aliphatic heterocycles. The van der Waals surface area contributed by atoms with Crippen LogP contribution in [0.3, 0.4) is 0 Å². The number of aliphatic carboxylic acids is 2. The predicted octanol–water partition coefficient (Wildman–Crippen LogP) is 4.70. The number of carbonyl (C=O) groups excluding carboxylic acids is 2. The minimum absolute atomic E-state index is 0.0271. The highest BCUT2D eigenvalue weighted by molar-refractivity contribution is 6.07. The minimum atomic E-state index is -0.868. The fraction of sp³-hybridized carbons (Fsp3) is 0.871. The standard InChI is InChI=1S/C31H46N2O6/c34-26(35)24-14-12-22(20-8-3-1-4-9-20)18-30(24)28(38)32(30)16-7-17-33-29(39)31(33)19-23(13-15-25(31)27(36)37)21-10-5-2-6-11-21/h20-25H,1-19H2,(H,34,35)(H,36,37). The molecule has 0 bridgehead atoms. The molecule has 2 heterocycles. The van der Waals surface area contributed by atoms with Crippen LogP contribution in [0.2, 0.25) is 0 Å². The van der Waals surface area contributed by atoms with Crippen LogP contribution in [0.15, 0.2) is 0 Å². The van der Waals surface area contributed by atoms with Crippen molar-refractivity contribution in [2.75, 3.05) is 13.1 Å². The molecule has 8 nitrogen and oxygen atoms in total. The molecule has 2 spiro atoms. The summed E-state index contributed by atoms with van der Waals surface area (Å²) >= 11 is 0. The van der Waals surface area contributed by atoms with Crippen molar-refractivity contribution < 1.29 is 29.4 Å². The highest BCUT2D eigenvalue weighted by Gasteiger charge is 2.72. The summed E-state index contributed by atoms with van der Waals surface area (Å²) < 4.78 is 0. The van der Waals surface area contributed by atoms with Crippen LogP contribution in [0, 0.1) is 35.5 Å². The Hall–Kier alpha value is -2.12. The van der Waals surface area contributed by atoms with E-state index in [0.717, 1.165) is 12.8 Å². The third-order valence-corrected chi connectivity index (χ3v) is 12.0. The maximum Gasteiger partial charge on any atom is 0.309 e. The molecule has 6 atom stereocenters. The van der Waals surface area contributed by atoms with Gasteiger partial charge in [-0.2, -0.15) is 0 Å². The van der Waals surface area contributed by atoms with Gasteiger partial charge in [0.2, 0.25) is 11.8 Å². The van der Waals surface area contributed by atoms with Gasteiger partial charge in [-0.05, 0) is 68.6 Å². The van der Waals surface area contributed by atoms with Gasteiger partial charge in [0.25, 0.3) is 0 Å². The topological polar surface area (TPSA) is 115 Å². The molecule has 0 aromatic rings. The van der Waals surface area contributed by atoms with Gasteiger partial charge in [0.1, 0.15) is 11.1 Å². The van der Waals surface area contributed by atoms with Gasteiger partial charge >= 0.3 is 11.9 Å². The smallest absolute Gasteiger partial charge is 0.309 e. The summed E-state index contributed by atoms with van der Waals surface area (Å²) in [5.41, 5.74) is -1.74. The number of hydrogen-bond donors (Lipinski definition) is 2. The number of amides is 2. The number of hydrogen-bond acceptors (Lipinski definition) is 4. The summed E-state index contributed by atoms with van der Waals surface area (Å²) in [4.78, 5) is 54.5. The summed E-state index contributed by atoms with van der Waals surface area (Å²) in [7, 11) is 0. The van der Waals surface area contributed by atoms with Crippen LogP contribution in [0.5, 0.6) is 0 Å². The third-order valence-electron chi connectivity index (χ3n) is 12.0. The summed E-state index contributed by atoms with van der Waals surface area (Å²) in [6.45, 7) is 0.896. The van der Waals surface area contributed by atoms with Gasteiger partial charge in [0, 0.05) is 13.1 Å². The van der Waals surface area contributed by atoms with E-state index >= 15 is 0 Å². The number of carboxylic acid groups (broad SMARTS) is 2. The molecule has 6 unspecified atom stereocenters. The monoisotopic (exact) mass is 542 g/mol. The van der Waals surface area contributed by atoms with Crippen molar-refractivity contribution in [2.24, 2.45) is 35.5 Å². The molecule has 6 aliphatic rings. The van der Waals surface area contributed by atoms with Crippen LogP contribution >= 0.6 is 0 Å². The van der Waals surface area contributed by atoms with Gasteiger partial charge in [-0.15, -0.1) is 0 Å². The number of carbonyl (C=O) groups is 4. The van der Waals surface area contributed by atoms with Crippen molar-refractivity contribution in [3.05, 3.63) is 0 Å². The van der Waals surface area contributed by atoms with Gasteiger partial charge in [0.05, 0.1) is 11.8 Å². The lowest BCUT2D eigenvalue weighted by Gasteiger charge is -2.39. The number of rotatable bonds is 8. The van der Waals surface area contributed by atoms with Gasteiger partial charge in [0.15, 0.2) is 0 Å². The van der Waals surface area contributed by atoms with Crippen molar-refractivity contribution in [1.82, 2.24) is 9.80 Å². The van der Waals surface area contributed by atoms with Crippen molar-refractivity contribution in [1.29, 1.82) is 0 Å². The normalized spacial score (nSPS) is 39.4. The predicted molar refractivity (Wildman–Crippen MR) is 144 cm³/mol. The first-order valence-corrected chi connectivity index (χ1v) is 15.9. The van der Waals surface area contributed by atoms with E-state index in [1.54, 1.807) is 9.80 Å². The van der Waals surface area contributed by atoms with Gasteiger partial charge in [-0.3, -0.25) is 19.2 Å². The molecule has 6 fully saturated rings. The maximum atomic E-state index is 13.3. The molecular formula is C31H46N2O6. The van der Waals surface area contributed by atoms with Crippen molar-refractivity contribution in [3.63, 3.8) is 0 Å². The molecule has 4 aliphatic carbocycles. The SMILES string of the molecule is O=C(O)C1CCC(C2CCCCC2)CC12C(=O)N2CCCN1C(=O)C12CC(C1CCCCC1)CCC2C(=O)O. The Morgan fingerprint density at radius 2 is 0.974 bits per heavy atom. The van der Waals surface area contributed by atoms with E-state index in [0.29, 0.717) is 68.9 Å². The zero-order valence-corrected chi connectivity index (χ0v) is 23.3. The highest BCUT2D eigenvalue weighted by atomic mass is 16.4. The Kier molecular flexibility index (Phi) is 7.20. The molecule has 4 saturated carbocycles. The number of carboxylic acids is 2. The number of nitrogens with zero attached hydrogens (tertiary/aromatic N) is 2. The molecule has 2 saturated heterocycles. The molecule has 0 radical (unpaired) electrons. The lowest BCUT2D eigenvalue weighted by atomic mass is 9.66. The van der Waals surface area contributed by atoms with E-state index in [4.69, 9.17) is 0 Å². The lowest BCUT2D eigenvalue weighted by molar-refractivity contribution is -0.146. The van der Waals surface area contributed by atoms with Crippen LogP contribution in [0.25, 0.3) is 0 Å². The van der Waals surface area contributed by atoms with E-state index in [2.05, 4.69) is 0 Å². The Morgan fingerprint density at radius 3 is 1.33 bits per heavy atom. The minimum Gasteiger partial charge on any atom is -0.481 e. The van der Waals surface area contributed by atoms with Gasteiger partial charge < -0.3 is 20.0 Å². The molecule has 8 heteroatoms. The molecule has 6 rings (SSSR count). The van der Waals surface area contributed by atoms with E-state index in [1.165, 1.54) is 64.2 Å². The molecule has 0 aromatic carbocycles. The quantitative estimate of drug-likeness (QED) is 0.430. The molecule has 0 aromatic heterocycles. The summed E-state index contributed by atoms with van der Waals surface area (Å²) in [6.07, 6.45) is 17.1. The van der Waals surface area contributed by atoms with Crippen LogP contribution < -0.4 is 0 Å². The average Bonchev–Trinajstić information content (AvgIpc) is 3.72. The highest BCUT2D eigenvalue weighted by Crippen LogP contribution is 2.56. The van der Waals surface area contributed by atoms with Crippen LogP contribution in [-0.4, -0.2) is 67.9 Å². The Balaban J connectivity index is 1.10. The Labute approximate surface area is 231 Å². The Morgan fingerprint density at radius 1 is 0.590 bits per heavy atom. The van der Waals surface area contributed by atoms with Crippen molar-refractivity contribution in [2.45, 2.75) is 120 Å². The average molecular weight is 543 g/mol. The van der Waals surface area contributed by atoms with E-state index in [-0.39, 0.29) is 11.8 Å². The fourth-order valence-corrected chi connectivity index (χ4v) is 9.90. The second-order valence-corrected chi connectivity index (χ2v) is 13.8. The molecular weight excluding hydrogens is 496 g/mol. The Bertz CT molecular complexity index is 925. The molecule has 2 amide bonds. The second kappa shape index (κ2) is 10.4. The summed E-state index contributed by atoms with van der Waals surface area (Å²) in [5, 5.41) is 20.0. The molecule has 2 N–H and O–H groups in total. The molecule has 39 heavy (non-hydrogen) atoms. The second-order valence-electron chi connectivity index (χ2n) is 13.8. The van der Waals surface area contributed by atoms with Crippen LogP contribution in [0.4, 0.5) is 0 Å². The summed E-state index contributed by atoms with van der Waals surface area (Å²) in [6, 6.07) is 0. The first kappa shape index (κ1) is 27.1. The van der Waals surface area contributed by atoms with E-state index < -0.39 is 34.9 Å². The van der Waals surface area contributed by atoms with E-state index in [9.17, 15) is 29.4 Å². The zero-order valence-electron chi connectivity index (χ0n) is 23.3. The van der Waals surface area contributed by atoms with Gasteiger partial charge in [-0.25, -0.2) is 0 Å². The molecule has 216 valence electrons. The largest absolute Gasteiger partial charge is 0.481 e. The van der Waals surface area contributed by atoms with E-state index in [1.807, 2.05) is 0 Å². The lowest BCUT2D eigenvalue weighted by Crippen LogP contribution is -2.44.